The van der Waals surface area contributed by atoms with E-state index in [1.807, 2.05) is 27.7 Å². The third kappa shape index (κ3) is 7.27. The highest BCUT2D eigenvalue weighted by molar-refractivity contribution is 5.47. The van der Waals surface area contributed by atoms with Gasteiger partial charge in [0.2, 0.25) is 5.41 Å². The molecule has 0 heterocycles. The molecule has 0 aliphatic carbocycles. The van der Waals surface area contributed by atoms with E-state index < -0.39 is 28.9 Å². The van der Waals surface area contributed by atoms with Gasteiger partial charge >= 0.3 is 12.4 Å². The zero-order chi connectivity index (χ0) is 22.3. The Balaban J connectivity index is -0.00000134. The predicted molar refractivity (Wildman–Crippen MR) is 103 cm³/mol. The minimum absolute atomic E-state index is 0.571. The molecule has 0 rings (SSSR count). The van der Waals surface area contributed by atoms with Crippen LogP contribution in [0, 0.1) is 5.41 Å². The highest BCUT2D eigenvalue weighted by Crippen LogP contribution is 2.60. The van der Waals surface area contributed by atoms with E-state index in [0.29, 0.717) is 12.2 Å². The summed E-state index contributed by atoms with van der Waals surface area (Å²) in [6, 6.07) is 0. The molecular formula is C21H30F6. The van der Waals surface area contributed by atoms with Crippen LogP contribution in [0.15, 0.2) is 72.9 Å². The molecule has 0 nitrogen and oxygen atoms in total. The smallest absolute Gasteiger partial charge is 0.169 e. The van der Waals surface area contributed by atoms with Crippen molar-refractivity contribution >= 4 is 0 Å². The Morgan fingerprint density at radius 3 is 1.41 bits per heavy atom. The van der Waals surface area contributed by atoms with Crippen molar-refractivity contribution in [3.8, 4) is 0 Å². The molecule has 0 atom stereocenters. The van der Waals surface area contributed by atoms with Gasteiger partial charge in [-0.25, -0.2) is 0 Å². The highest BCUT2D eigenvalue weighted by Gasteiger charge is 2.73. The summed E-state index contributed by atoms with van der Waals surface area (Å²) in [5, 5.41) is 0. The summed E-state index contributed by atoms with van der Waals surface area (Å²) in [4.78, 5) is 0. The van der Waals surface area contributed by atoms with Gasteiger partial charge in [-0.3, -0.25) is 0 Å². The minimum Gasteiger partial charge on any atom is -0.169 e. The summed E-state index contributed by atoms with van der Waals surface area (Å²) in [7, 11) is 0. The first-order valence-corrected chi connectivity index (χ1v) is 8.59. The largest absolute Gasteiger partial charge is 0.411 e. The second-order valence-electron chi connectivity index (χ2n) is 4.46. The van der Waals surface area contributed by atoms with Crippen LogP contribution < -0.4 is 0 Å². The maximum atomic E-state index is 13.7. The Morgan fingerprint density at radius 2 is 1.15 bits per heavy atom. The van der Waals surface area contributed by atoms with Crippen molar-refractivity contribution < 1.29 is 26.3 Å². The summed E-state index contributed by atoms with van der Waals surface area (Å²) in [6.07, 6.45) is -4.02. The van der Waals surface area contributed by atoms with Crippen molar-refractivity contribution in [2.24, 2.45) is 5.41 Å². The minimum atomic E-state index is -5.62. The van der Waals surface area contributed by atoms with Gasteiger partial charge in [-0.2, -0.15) is 26.3 Å². The number of alkyl halides is 6. The average molecular weight is 396 g/mol. The lowest BCUT2D eigenvalue weighted by Crippen LogP contribution is -2.52. The van der Waals surface area contributed by atoms with Gasteiger partial charge in [0.05, 0.1) is 0 Å². The molecule has 0 aromatic carbocycles. The maximum absolute atomic E-state index is 13.7. The van der Waals surface area contributed by atoms with Crippen LogP contribution in [0.4, 0.5) is 26.3 Å². The summed E-state index contributed by atoms with van der Waals surface area (Å²) in [5.41, 5.74) is -6.19. The van der Waals surface area contributed by atoms with Gasteiger partial charge in [0, 0.05) is 0 Å². The first-order valence-electron chi connectivity index (χ1n) is 8.59. The third-order valence-electron chi connectivity index (χ3n) is 3.05. The number of hydrogen-bond donors (Lipinski definition) is 0. The second-order valence-corrected chi connectivity index (χ2v) is 4.46. The van der Waals surface area contributed by atoms with Crippen molar-refractivity contribution in [2.45, 2.75) is 53.9 Å². The third-order valence-corrected chi connectivity index (χ3v) is 3.05. The quantitative estimate of drug-likeness (QED) is 0.312. The first-order chi connectivity index (χ1) is 12.5. The molecule has 156 valence electrons. The molecule has 0 amide bonds. The van der Waals surface area contributed by atoms with Crippen LogP contribution in [0.25, 0.3) is 0 Å². The van der Waals surface area contributed by atoms with Crippen molar-refractivity contribution in [1.82, 2.24) is 0 Å². The molecule has 0 aliphatic heterocycles. The summed E-state index contributed by atoms with van der Waals surface area (Å²) in [5.74, 6) is 0. The molecule has 0 saturated heterocycles. The van der Waals surface area contributed by atoms with Crippen LogP contribution in [0.2, 0.25) is 0 Å². The fourth-order valence-electron chi connectivity index (χ4n) is 2.14. The Labute approximate surface area is 159 Å². The molecule has 0 spiro atoms. The van der Waals surface area contributed by atoms with E-state index >= 15 is 0 Å². The Hall–Kier alpha value is -1.98. The van der Waals surface area contributed by atoms with Crippen molar-refractivity contribution in [3.05, 3.63) is 72.9 Å². The van der Waals surface area contributed by atoms with Gasteiger partial charge in [0.25, 0.3) is 0 Å². The normalized spacial score (nSPS) is 13.6. The van der Waals surface area contributed by atoms with E-state index in [4.69, 9.17) is 0 Å². The van der Waals surface area contributed by atoms with Crippen LogP contribution in [-0.2, 0) is 0 Å². The molecule has 27 heavy (non-hydrogen) atoms. The van der Waals surface area contributed by atoms with Crippen molar-refractivity contribution in [3.63, 3.8) is 0 Å². The fraction of sp³-hybridized carbons (Fsp3) is 0.429. The molecule has 0 aliphatic rings. The topological polar surface area (TPSA) is 0 Å². The fourth-order valence-corrected chi connectivity index (χ4v) is 2.14. The lowest BCUT2D eigenvalue weighted by molar-refractivity contribution is -0.308. The van der Waals surface area contributed by atoms with Gasteiger partial charge in [-0.05, 0) is 25.0 Å². The number of hydrogen-bond acceptors (Lipinski definition) is 0. The summed E-state index contributed by atoms with van der Waals surface area (Å²) < 4.78 is 82.1. The molecular weight excluding hydrogens is 366 g/mol. The molecule has 6 heteroatoms. The Bertz CT molecular complexity index is 526. The van der Waals surface area contributed by atoms with E-state index in [1.54, 1.807) is 0 Å². The van der Waals surface area contributed by atoms with E-state index in [0.717, 1.165) is 30.4 Å². The van der Waals surface area contributed by atoms with Crippen LogP contribution in [0.5, 0.6) is 0 Å². The van der Waals surface area contributed by atoms with Crippen LogP contribution in [0.3, 0.4) is 0 Å². The van der Waals surface area contributed by atoms with E-state index in [-0.39, 0.29) is 0 Å². The maximum Gasteiger partial charge on any atom is 0.411 e. The molecule has 0 saturated carbocycles. The highest BCUT2D eigenvalue weighted by atomic mass is 19.4. The van der Waals surface area contributed by atoms with Gasteiger partial charge in [-0.15, -0.1) is 0 Å². The Kier molecular flexibility index (Phi) is 15.6. The molecule has 0 fully saturated rings. The van der Waals surface area contributed by atoms with Crippen LogP contribution >= 0.6 is 0 Å². The number of allylic oxidation sites excluding steroid dienone is 10. The average Bonchev–Trinajstić information content (AvgIpc) is 2.59. The SMILES string of the molecule is C=C/C=C(\C=C/C)C(/C(C=C)=C/C=C\C)(C(F)(F)F)C(F)(F)F.CC.CC. The van der Waals surface area contributed by atoms with Gasteiger partial charge in [-0.1, -0.05) is 89.5 Å². The second kappa shape index (κ2) is 14.1. The molecule has 0 N–H and O–H groups in total. The summed E-state index contributed by atoms with van der Waals surface area (Å²) in [6.45, 7) is 17.1. The lowest BCUT2D eigenvalue weighted by atomic mass is 9.71. The predicted octanol–water partition coefficient (Wildman–Crippen LogP) is 8.53. The van der Waals surface area contributed by atoms with Crippen LogP contribution in [0.1, 0.15) is 41.5 Å². The molecule has 0 bridgehead atoms. The number of rotatable bonds is 6. The van der Waals surface area contributed by atoms with Crippen molar-refractivity contribution in [2.75, 3.05) is 0 Å². The Morgan fingerprint density at radius 1 is 0.704 bits per heavy atom. The molecule has 0 radical (unpaired) electrons. The lowest BCUT2D eigenvalue weighted by Gasteiger charge is -2.39. The number of halogens is 6. The van der Waals surface area contributed by atoms with Gasteiger partial charge < -0.3 is 0 Å². The standard InChI is InChI=1S/C17H18F6.2C2H6/c1-5-9-12-13(8-4)15(16(18,19)20,17(21,22)23)14(10-6-2)11-7-3;2*1-2/h5-12H,2,4H2,1,3H3;2*1-2H3/b9-5-,11-7-,13-12+,14-10+;;. The summed E-state index contributed by atoms with van der Waals surface area (Å²) >= 11 is 0. The first kappa shape index (κ1) is 29.8. The molecule has 0 aromatic heterocycles. The van der Waals surface area contributed by atoms with E-state index in [2.05, 4.69) is 13.2 Å². The molecule has 0 unspecified atom stereocenters. The zero-order valence-corrected chi connectivity index (χ0v) is 16.8. The van der Waals surface area contributed by atoms with E-state index in [1.165, 1.54) is 19.9 Å². The van der Waals surface area contributed by atoms with E-state index in [9.17, 15) is 26.3 Å². The van der Waals surface area contributed by atoms with Gasteiger partial charge in [0.15, 0.2) is 0 Å². The monoisotopic (exact) mass is 396 g/mol. The van der Waals surface area contributed by atoms with Gasteiger partial charge in [0.1, 0.15) is 0 Å². The van der Waals surface area contributed by atoms with Crippen LogP contribution in [-0.4, -0.2) is 12.4 Å². The zero-order valence-electron chi connectivity index (χ0n) is 16.8. The van der Waals surface area contributed by atoms with Crippen molar-refractivity contribution in [1.29, 1.82) is 0 Å². The molecule has 0 aromatic rings.